The zero-order valence-electron chi connectivity index (χ0n) is 9.90. The van der Waals surface area contributed by atoms with Crippen molar-refractivity contribution in [3.05, 3.63) is 15.5 Å². The second kappa shape index (κ2) is 3.95. The van der Waals surface area contributed by atoms with Crippen molar-refractivity contribution in [2.45, 2.75) is 37.6 Å². The highest BCUT2D eigenvalue weighted by molar-refractivity contribution is 14.1. The summed E-state index contributed by atoms with van der Waals surface area (Å²) in [6.45, 7) is 2.45. The van der Waals surface area contributed by atoms with E-state index in [4.69, 9.17) is 5.10 Å². The van der Waals surface area contributed by atoms with Crippen LogP contribution in [0.2, 0.25) is 0 Å². The highest BCUT2D eigenvalue weighted by atomic mass is 127. The van der Waals surface area contributed by atoms with Gasteiger partial charge in [-0.2, -0.15) is 5.10 Å². The molecule has 2 aliphatic carbocycles. The first-order valence-electron chi connectivity index (χ1n) is 6.80. The van der Waals surface area contributed by atoms with Crippen LogP contribution < -0.4 is 5.32 Å². The fourth-order valence-corrected chi connectivity index (χ4v) is 4.48. The van der Waals surface area contributed by atoms with E-state index in [9.17, 15) is 0 Å². The molecule has 1 aromatic rings. The van der Waals surface area contributed by atoms with Gasteiger partial charge in [0.2, 0.25) is 0 Å². The average Bonchev–Trinajstić information content (AvgIpc) is 2.83. The Morgan fingerprint density at radius 2 is 1.94 bits per heavy atom. The first-order chi connectivity index (χ1) is 8.34. The van der Waals surface area contributed by atoms with Gasteiger partial charge in [-0.3, -0.25) is 4.68 Å². The molecule has 0 radical (unpaired) electrons. The highest BCUT2D eigenvalue weighted by Crippen LogP contribution is 2.56. The maximum Gasteiger partial charge on any atom is 0.123 e. The van der Waals surface area contributed by atoms with Crippen molar-refractivity contribution in [3.63, 3.8) is 0 Å². The molecule has 4 heteroatoms. The van der Waals surface area contributed by atoms with Gasteiger partial charge in [-0.05, 0) is 66.4 Å². The molecule has 4 rings (SSSR count). The molecule has 3 atom stereocenters. The molecule has 0 bridgehead atoms. The normalized spacial score (nSPS) is 36.4. The maximum atomic E-state index is 4.76. The predicted molar refractivity (Wildman–Crippen MR) is 75.0 cm³/mol. The van der Waals surface area contributed by atoms with Crippen LogP contribution in [-0.4, -0.2) is 22.9 Å². The summed E-state index contributed by atoms with van der Waals surface area (Å²) in [7, 11) is 0. The lowest BCUT2D eigenvalue weighted by Crippen LogP contribution is -2.17. The lowest BCUT2D eigenvalue weighted by molar-refractivity contribution is 0.441. The number of nitrogens with zero attached hydrogens (tertiary/aromatic N) is 2. The van der Waals surface area contributed by atoms with E-state index in [2.05, 4.69) is 38.7 Å². The second-order valence-electron chi connectivity index (χ2n) is 5.79. The van der Waals surface area contributed by atoms with E-state index in [0.29, 0.717) is 6.04 Å². The average molecular weight is 343 g/mol. The van der Waals surface area contributed by atoms with Crippen LogP contribution in [0.3, 0.4) is 0 Å². The van der Waals surface area contributed by atoms with E-state index in [1.54, 1.807) is 0 Å². The van der Waals surface area contributed by atoms with Gasteiger partial charge in [0.05, 0.1) is 6.04 Å². The van der Waals surface area contributed by atoms with Crippen LogP contribution in [0.1, 0.15) is 43.3 Å². The van der Waals surface area contributed by atoms with Crippen LogP contribution in [-0.2, 0) is 0 Å². The molecule has 2 heterocycles. The quantitative estimate of drug-likeness (QED) is 0.837. The monoisotopic (exact) mass is 343 g/mol. The molecule has 0 aromatic carbocycles. The summed E-state index contributed by atoms with van der Waals surface area (Å²) in [4.78, 5) is 0. The Morgan fingerprint density at radius 3 is 2.65 bits per heavy atom. The molecule has 0 amide bonds. The first-order valence-corrected chi connectivity index (χ1v) is 7.88. The van der Waals surface area contributed by atoms with E-state index in [-0.39, 0.29) is 0 Å². The predicted octanol–water partition coefficient (Wildman–Crippen LogP) is 2.54. The molecule has 1 aliphatic heterocycles. The molecule has 0 spiro atoms. The van der Waals surface area contributed by atoms with Crippen LogP contribution in [0.15, 0.2) is 6.07 Å². The number of rotatable bonds is 2. The fourth-order valence-electron chi connectivity index (χ4n) is 3.92. The number of halogens is 1. The molecule has 92 valence electrons. The Hall–Kier alpha value is -0.100. The number of aromatic nitrogens is 2. The molecule has 3 aliphatic rings. The van der Waals surface area contributed by atoms with Crippen molar-refractivity contribution >= 4 is 22.6 Å². The summed E-state index contributed by atoms with van der Waals surface area (Å²) in [5.41, 5.74) is 1.54. The highest BCUT2D eigenvalue weighted by Gasteiger charge is 2.55. The minimum atomic E-state index is 0.697. The molecule has 3 fully saturated rings. The van der Waals surface area contributed by atoms with Gasteiger partial charge >= 0.3 is 0 Å². The SMILES string of the molecule is Ic1cc(C2[C@H]3CNC[C@@H]23)n(C2CCCC2)n1. The van der Waals surface area contributed by atoms with E-state index in [0.717, 1.165) is 17.8 Å². The molecular weight excluding hydrogens is 325 g/mol. The Kier molecular flexibility index (Phi) is 2.51. The number of hydrogen-bond donors (Lipinski definition) is 1. The Bertz CT molecular complexity index is 426. The topological polar surface area (TPSA) is 29.9 Å². The number of nitrogens with one attached hydrogen (secondary N) is 1. The lowest BCUT2D eigenvalue weighted by Gasteiger charge is -2.15. The van der Waals surface area contributed by atoms with Crippen molar-refractivity contribution in [1.82, 2.24) is 15.1 Å². The third-order valence-electron chi connectivity index (χ3n) is 4.84. The molecular formula is C13H18IN3. The molecule has 1 unspecified atom stereocenters. The summed E-state index contributed by atoms with van der Waals surface area (Å²) in [5, 5.41) is 8.25. The Morgan fingerprint density at radius 1 is 1.24 bits per heavy atom. The zero-order valence-corrected chi connectivity index (χ0v) is 12.1. The largest absolute Gasteiger partial charge is 0.316 e. The summed E-state index contributed by atoms with van der Waals surface area (Å²) in [6, 6.07) is 3.03. The van der Waals surface area contributed by atoms with Crippen molar-refractivity contribution in [3.8, 4) is 0 Å². The minimum absolute atomic E-state index is 0.697. The maximum absolute atomic E-state index is 4.76. The van der Waals surface area contributed by atoms with Gasteiger partial charge in [0, 0.05) is 11.6 Å². The molecule has 2 saturated carbocycles. The van der Waals surface area contributed by atoms with E-state index >= 15 is 0 Å². The molecule has 1 aromatic heterocycles. The van der Waals surface area contributed by atoms with Gasteiger partial charge in [0.15, 0.2) is 0 Å². The standard InChI is InChI=1S/C13H18IN3/c14-12-5-11(13-9-6-15-7-10(9)13)17(16-12)8-3-1-2-4-8/h5,8-10,13,15H,1-4,6-7H2/t9-,10+,13?. The smallest absolute Gasteiger partial charge is 0.123 e. The van der Waals surface area contributed by atoms with Crippen molar-refractivity contribution in [2.24, 2.45) is 11.8 Å². The summed E-state index contributed by atoms with van der Waals surface area (Å²) in [6.07, 6.45) is 5.45. The minimum Gasteiger partial charge on any atom is -0.316 e. The van der Waals surface area contributed by atoms with Crippen LogP contribution >= 0.6 is 22.6 Å². The first kappa shape index (κ1) is 10.8. The van der Waals surface area contributed by atoms with Crippen LogP contribution in [0, 0.1) is 15.5 Å². The lowest BCUT2D eigenvalue weighted by atomic mass is 10.1. The molecule has 1 saturated heterocycles. The number of hydrogen-bond acceptors (Lipinski definition) is 2. The van der Waals surface area contributed by atoms with E-state index in [1.807, 2.05) is 0 Å². The van der Waals surface area contributed by atoms with Crippen molar-refractivity contribution < 1.29 is 0 Å². The van der Waals surface area contributed by atoms with Gasteiger partial charge in [0.25, 0.3) is 0 Å². The van der Waals surface area contributed by atoms with Crippen LogP contribution in [0.4, 0.5) is 0 Å². The van der Waals surface area contributed by atoms with Crippen molar-refractivity contribution in [1.29, 1.82) is 0 Å². The van der Waals surface area contributed by atoms with Crippen molar-refractivity contribution in [2.75, 3.05) is 13.1 Å². The molecule has 17 heavy (non-hydrogen) atoms. The third-order valence-corrected chi connectivity index (χ3v) is 5.37. The zero-order chi connectivity index (χ0) is 11.4. The molecule has 3 nitrogen and oxygen atoms in total. The van der Waals surface area contributed by atoms with E-state index in [1.165, 1.54) is 48.2 Å². The summed E-state index contributed by atoms with van der Waals surface area (Å²) >= 11 is 2.37. The van der Waals surface area contributed by atoms with Crippen LogP contribution in [0.25, 0.3) is 0 Å². The van der Waals surface area contributed by atoms with Gasteiger partial charge in [-0.25, -0.2) is 0 Å². The third kappa shape index (κ3) is 1.67. The second-order valence-corrected chi connectivity index (χ2v) is 6.89. The Balaban J connectivity index is 1.65. The van der Waals surface area contributed by atoms with Gasteiger partial charge in [-0.1, -0.05) is 12.8 Å². The van der Waals surface area contributed by atoms with Crippen LogP contribution in [0.5, 0.6) is 0 Å². The summed E-state index contributed by atoms with van der Waals surface area (Å²) in [5.74, 6) is 2.62. The fraction of sp³-hybridized carbons (Fsp3) is 0.769. The summed E-state index contributed by atoms with van der Waals surface area (Å²) < 4.78 is 3.57. The van der Waals surface area contributed by atoms with Gasteiger partial charge < -0.3 is 5.32 Å². The van der Waals surface area contributed by atoms with Gasteiger partial charge in [-0.15, -0.1) is 0 Å². The van der Waals surface area contributed by atoms with E-state index < -0.39 is 0 Å². The Labute approximate surface area is 115 Å². The molecule has 1 N–H and O–H groups in total. The number of fused-ring (bicyclic) bond motifs is 1. The number of piperidine rings is 1. The van der Waals surface area contributed by atoms with Gasteiger partial charge in [0.1, 0.15) is 3.70 Å².